The number of halogens is 1. The SMILES string of the molecule is CCNC(Cc1c(C)nn(C)c1Cl)CC(C)(C)C. The molecule has 0 saturated carbocycles. The lowest BCUT2D eigenvalue weighted by Gasteiger charge is -2.26. The summed E-state index contributed by atoms with van der Waals surface area (Å²) in [7, 11) is 1.89. The van der Waals surface area contributed by atoms with Gasteiger partial charge in [-0.3, -0.25) is 4.68 Å². The third-order valence-electron chi connectivity index (χ3n) is 3.07. The molecule has 0 fully saturated rings. The molecule has 1 atom stereocenters. The van der Waals surface area contributed by atoms with Crippen molar-refractivity contribution in [2.45, 2.75) is 53.5 Å². The Kier molecular flexibility index (Phi) is 5.23. The third-order valence-corrected chi connectivity index (χ3v) is 3.54. The van der Waals surface area contributed by atoms with Crippen molar-refractivity contribution in [3.63, 3.8) is 0 Å². The highest BCUT2D eigenvalue weighted by Gasteiger charge is 2.21. The van der Waals surface area contributed by atoms with E-state index in [1.54, 1.807) is 4.68 Å². The predicted molar refractivity (Wildman–Crippen MR) is 78.2 cm³/mol. The van der Waals surface area contributed by atoms with Crippen molar-refractivity contribution >= 4 is 11.6 Å². The van der Waals surface area contributed by atoms with Gasteiger partial charge in [0, 0.05) is 18.7 Å². The van der Waals surface area contributed by atoms with E-state index in [0.29, 0.717) is 11.5 Å². The number of aryl methyl sites for hydroxylation is 2. The number of hydrogen-bond acceptors (Lipinski definition) is 2. The number of likely N-dealkylation sites (N-methyl/N-ethyl adjacent to an activating group) is 1. The van der Waals surface area contributed by atoms with E-state index in [4.69, 9.17) is 11.6 Å². The van der Waals surface area contributed by atoms with Crippen LogP contribution in [-0.4, -0.2) is 22.4 Å². The smallest absolute Gasteiger partial charge is 0.130 e. The number of rotatable bonds is 5. The third kappa shape index (κ3) is 4.29. The minimum absolute atomic E-state index is 0.315. The summed E-state index contributed by atoms with van der Waals surface area (Å²) in [6.07, 6.45) is 2.08. The molecule has 1 N–H and O–H groups in total. The molecule has 1 heterocycles. The van der Waals surface area contributed by atoms with Gasteiger partial charge in [-0.15, -0.1) is 0 Å². The molecule has 104 valence electrons. The van der Waals surface area contributed by atoms with E-state index in [-0.39, 0.29) is 0 Å². The average molecular weight is 272 g/mol. The lowest BCUT2D eigenvalue weighted by Crippen LogP contribution is -2.34. The minimum atomic E-state index is 0.315. The maximum Gasteiger partial charge on any atom is 0.130 e. The van der Waals surface area contributed by atoms with Crippen molar-refractivity contribution in [1.82, 2.24) is 15.1 Å². The summed E-state index contributed by atoms with van der Waals surface area (Å²) in [4.78, 5) is 0. The van der Waals surface area contributed by atoms with Gasteiger partial charge in [0.25, 0.3) is 0 Å². The van der Waals surface area contributed by atoms with Crippen molar-refractivity contribution in [2.24, 2.45) is 12.5 Å². The quantitative estimate of drug-likeness (QED) is 0.890. The second-order valence-electron chi connectivity index (χ2n) is 6.20. The van der Waals surface area contributed by atoms with Gasteiger partial charge in [0.2, 0.25) is 0 Å². The van der Waals surface area contributed by atoms with Crippen molar-refractivity contribution in [3.05, 3.63) is 16.4 Å². The van der Waals surface area contributed by atoms with E-state index in [9.17, 15) is 0 Å². The van der Waals surface area contributed by atoms with Gasteiger partial charge in [0.05, 0.1) is 5.69 Å². The van der Waals surface area contributed by atoms with Crippen LogP contribution in [0.1, 0.15) is 45.4 Å². The van der Waals surface area contributed by atoms with E-state index in [2.05, 4.69) is 38.1 Å². The first-order valence-electron chi connectivity index (χ1n) is 6.66. The summed E-state index contributed by atoms with van der Waals surface area (Å²) in [5.41, 5.74) is 2.53. The van der Waals surface area contributed by atoms with Gasteiger partial charge in [0.15, 0.2) is 0 Å². The highest BCUT2D eigenvalue weighted by molar-refractivity contribution is 6.30. The fourth-order valence-electron chi connectivity index (χ4n) is 2.40. The molecule has 3 nitrogen and oxygen atoms in total. The summed E-state index contributed by atoms with van der Waals surface area (Å²) in [6.45, 7) is 12.0. The van der Waals surface area contributed by atoms with Gasteiger partial charge in [-0.05, 0) is 31.7 Å². The molecule has 0 amide bonds. The molecule has 1 aromatic rings. The minimum Gasteiger partial charge on any atom is -0.314 e. The molecule has 1 unspecified atom stereocenters. The molecular formula is C14H26ClN3. The Morgan fingerprint density at radius 2 is 2.00 bits per heavy atom. The van der Waals surface area contributed by atoms with E-state index < -0.39 is 0 Å². The van der Waals surface area contributed by atoms with E-state index in [0.717, 1.165) is 30.2 Å². The zero-order chi connectivity index (χ0) is 13.9. The number of nitrogens with one attached hydrogen (secondary N) is 1. The Morgan fingerprint density at radius 1 is 1.39 bits per heavy atom. The molecule has 0 aliphatic rings. The Balaban J connectivity index is 2.83. The van der Waals surface area contributed by atoms with Gasteiger partial charge < -0.3 is 5.32 Å². The fourth-order valence-corrected chi connectivity index (χ4v) is 2.65. The summed E-state index contributed by atoms with van der Waals surface area (Å²) in [5.74, 6) is 0. The van der Waals surface area contributed by atoms with Crippen molar-refractivity contribution in [2.75, 3.05) is 6.54 Å². The molecule has 0 radical (unpaired) electrons. The van der Waals surface area contributed by atoms with Gasteiger partial charge in [0.1, 0.15) is 5.15 Å². The number of hydrogen-bond donors (Lipinski definition) is 1. The van der Waals surface area contributed by atoms with Crippen LogP contribution in [-0.2, 0) is 13.5 Å². The van der Waals surface area contributed by atoms with E-state index in [1.165, 1.54) is 5.56 Å². The van der Waals surface area contributed by atoms with Crippen LogP contribution >= 0.6 is 11.6 Å². The van der Waals surface area contributed by atoms with E-state index >= 15 is 0 Å². The first-order chi connectivity index (χ1) is 8.24. The van der Waals surface area contributed by atoms with E-state index in [1.807, 2.05) is 14.0 Å². The zero-order valence-corrected chi connectivity index (χ0v) is 13.2. The predicted octanol–water partition coefficient (Wildman–Crippen LogP) is 3.34. The number of aromatic nitrogens is 2. The molecule has 4 heteroatoms. The molecule has 0 bridgehead atoms. The van der Waals surface area contributed by atoms with Crippen LogP contribution in [0.5, 0.6) is 0 Å². The normalized spacial score (nSPS) is 13.9. The Hall–Kier alpha value is -0.540. The topological polar surface area (TPSA) is 29.9 Å². The maximum atomic E-state index is 6.30. The van der Waals surface area contributed by atoms with Crippen LogP contribution in [0, 0.1) is 12.3 Å². The summed E-state index contributed by atoms with van der Waals surface area (Å²) in [6, 6.07) is 0.454. The van der Waals surface area contributed by atoms with Crippen molar-refractivity contribution in [1.29, 1.82) is 0 Å². The number of nitrogens with zero attached hydrogens (tertiary/aromatic N) is 2. The summed E-state index contributed by atoms with van der Waals surface area (Å²) in [5, 5.41) is 8.70. The molecule has 0 aliphatic carbocycles. The van der Waals surface area contributed by atoms with Gasteiger partial charge >= 0.3 is 0 Å². The molecule has 0 aliphatic heterocycles. The van der Waals surface area contributed by atoms with Crippen molar-refractivity contribution in [3.8, 4) is 0 Å². The van der Waals surface area contributed by atoms with Crippen LogP contribution in [0.15, 0.2) is 0 Å². The molecule has 1 aromatic heterocycles. The van der Waals surface area contributed by atoms with Crippen LogP contribution < -0.4 is 5.32 Å². The standard InChI is InChI=1S/C14H26ClN3/c1-7-16-11(9-14(3,4)5)8-12-10(2)17-18(6)13(12)15/h11,16H,7-9H2,1-6H3. The maximum absolute atomic E-state index is 6.30. The molecule has 0 aromatic carbocycles. The first kappa shape index (κ1) is 15.5. The summed E-state index contributed by atoms with van der Waals surface area (Å²) < 4.78 is 1.76. The fraction of sp³-hybridized carbons (Fsp3) is 0.786. The van der Waals surface area contributed by atoms with Gasteiger partial charge in [-0.1, -0.05) is 39.3 Å². The second-order valence-corrected chi connectivity index (χ2v) is 6.56. The van der Waals surface area contributed by atoms with Crippen LogP contribution in [0.3, 0.4) is 0 Å². The monoisotopic (exact) mass is 271 g/mol. The molecule has 18 heavy (non-hydrogen) atoms. The Morgan fingerprint density at radius 3 is 2.39 bits per heavy atom. The average Bonchev–Trinajstić information content (AvgIpc) is 2.43. The zero-order valence-electron chi connectivity index (χ0n) is 12.5. The molecule has 1 rings (SSSR count). The van der Waals surface area contributed by atoms with Crippen LogP contribution in [0.4, 0.5) is 0 Å². The van der Waals surface area contributed by atoms with Crippen LogP contribution in [0.25, 0.3) is 0 Å². The Labute approximate surface area is 116 Å². The van der Waals surface area contributed by atoms with Gasteiger partial charge in [-0.2, -0.15) is 5.10 Å². The largest absolute Gasteiger partial charge is 0.314 e. The highest BCUT2D eigenvalue weighted by atomic mass is 35.5. The van der Waals surface area contributed by atoms with Crippen molar-refractivity contribution < 1.29 is 0 Å². The molecular weight excluding hydrogens is 246 g/mol. The highest BCUT2D eigenvalue weighted by Crippen LogP contribution is 2.26. The first-order valence-corrected chi connectivity index (χ1v) is 7.03. The molecule has 0 saturated heterocycles. The Bertz CT molecular complexity index is 390. The lowest BCUT2D eigenvalue weighted by molar-refractivity contribution is 0.309. The lowest BCUT2D eigenvalue weighted by atomic mass is 9.86. The van der Waals surface area contributed by atoms with Crippen LogP contribution in [0.2, 0.25) is 5.15 Å². The molecule has 0 spiro atoms. The summed E-state index contributed by atoms with van der Waals surface area (Å²) >= 11 is 6.30. The van der Waals surface area contributed by atoms with Gasteiger partial charge in [-0.25, -0.2) is 0 Å². The second kappa shape index (κ2) is 6.07.